The molecular formula is C15H13N3O3S. The summed E-state index contributed by atoms with van der Waals surface area (Å²) in [4.78, 5) is 29.6. The molecule has 112 valence electrons. The van der Waals surface area contributed by atoms with Gasteiger partial charge in [-0.2, -0.15) is 5.26 Å². The molecule has 0 aliphatic carbocycles. The Hall–Kier alpha value is -2.59. The van der Waals surface area contributed by atoms with Crippen LogP contribution in [0, 0.1) is 18.3 Å². The summed E-state index contributed by atoms with van der Waals surface area (Å²) in [7, 11) is 0. The standard InChI is InChI=1S/C15H13N3O3S/c1-8-3-5-10(6-4-8)12-11(7-16)13(19)18-15(17-12)22-9(2)14(20)21/h3-6,9H,1-2H3,(H,20,21)(H,17,18,19)/t9-/m1/s1. The highest BCUT2D eigenvalue weighted by atomic mass is 32.2. The Bertz CT molecular complexity index is 806. The average Bonchev–Trinajstić information content (AvgIpc) is 2.47. The minimum absolute atomic E-state index is 0.0869. The second kappa shape index (κ2) is 6.45. The van der Waals surface area contributed by atoms with Crippen LogP contribution in [0.3, 0.4) is 0 Å². The van der Waals surface area contributed by atoms with E-state index in [9.17, 15) is 9.59 Å². The number of thioether (sulfide) groups is 1. The van der Waals surface area contributed by atoms with E-state index in [2.05, 4.69) is 9.97 Å². The van der Waals surface area contributed by atoms with Gasteiger partial charge in [0, 0.05) is 5.56 Å². The molecular weight excluding hydrogens is 302 g/mol. The summed E-state index contributed by atoms with van der Waals surface area (Å²) >= 11 is 0.921. The van der Waals surface area contributed by atoms with Crippen LogP contribution >= 0.6 is 11.8 Å². The number of benzene rings is 1. The van der Waals surface area contributed by atoms with Crippen molar-refractivity contribution in [3.05, 3.63) is 45.7 Å². The molecule has 1 aromatic carbocycles. The first kappa shape index (κ1) is 15.8. The lowest BCUT2D eigenvalue weighted by molar-refractivity contribution is -0.136. The first-order valence-corrected chi connectivity index (χ1v) is 7.31. The van der Waals surface area contributed by atoms with Crippen LogP contribution in [-0.4, -0.2) is 26.3 Å². The molecule has 6 nitrogen and oxygen atoms in total. The number of aryl methyl sites for hydroxylation is 1. The number of rotatable bonds is 4. The number of aliphatic carboxylic acids is 1. The maximum absolute atomic E-state index is 12.0. The third-order valence-corrected chi connectivity index (χ3v) is 3.94. The molecule has 0 amide bonds. The third kappa shape index (κ3) is 3.35. The summed E-state index contributed by atoms with van der Waals surface area (Å²) in [5.74, 6) is -1.01. The van der Waals surface area contributed by atoms with Gasteiger partial charge >= 0.3 is 5.97 Å². The van der Waals surface area contributed by atoms with Gasteiger partial charge < -0.3 is 10.1 Å². The van der Waals surface area contributed by atoms with E-state index in [1.807, 2.05) is 25.1 Å². The monoisotopic (exact) mass is 315 g/mol. The average molecular weight is 315 g/mol. The van der Waals surface area contributed by atoms with E-state index in [4.69, 9.17) is 10.4 Å². The van der Waals surface area contributed by atoms with Crippen molar-refractivity contribution < 1.29 is 9.90 Å². The molecule has 22 heavy (non-hydrogen) atoms. The highest BCUT2D eigenvalue weighted by Crippen LogP contribution is 2.24. The van der Waals surface area contributed by atoms with Crippen molar-refractivity contribution in [2.75, 3.05) is 0 Å². The summed E-state index contributed by atoms with van der Waals surface area (Å²) in [5, 5.41) is 17.5. The highest BCUT2D eigenvalue weighted by Gasteiger charge is 2.18. The Balaban J connectivity index is 2.54. The van der Waals surface area contributed by atoms with Crippen molar-refractivity contribution >= 4 is 17.7 Å². The normalized spacial score (nSPS) is 11.7. The second-order valence-corrected chi connectivity index (χ2v) is 6.00. The van der Waals surface area contributed by atoms with Crippen LogP contribution in [0.2, 0.25) is 0 Å². The first-order valence-electron chi connectivity index (χ1n) is 6.43. The van der Waals surface area contributed by atoms with E-state index in [0.717, 1.165) is 17.3 Å². The Morgan fingerprint density at radius 1 is 1.41 bits per heavy atom. The Morgan fingerprint density at radius 3 is 2.59 bits per heavy atom. The maximum atomic E-state index is 12.0. The van der Waals surface area contributed by atoms with E-state index in [0.29, 0.717) is 5.56 Å². The zero-order valence-corrected chi connectivity index (χ0v) is 12.8. The number of carboxylic acids is 1. The fraction of sp³-hybridized carbons (Fsp3) is 0.200. The summed E-state index contributed by atoms with van der Waals surface area (Å²) in [6.45, 7) is 3.42. The number of H-pyrrole nitrogens is 1. The van der Waals surface area contributed by atoms with Gasteiger partial charge in [-0.25, -0.2) is 4.98 Å². The van der Waals surface area contributed by atoms with Crippen LogP contribution in [0.15, 0.2) is 34.2 Å². The number of aromatic amines is 1. The number of carboxylic acid groups (broad SMARTS) is 1. The molecule has 0 saturated carbocycles. The van der Waals surface area contributed by atoms with E-state index in [1.54, 1.807) is 12.1 Å². The SMILES string of the molecule is Cc1ccc(-c2nc(S[C@H](C)C(=O)O)[nH]c(=O)c2C#N)cc1. The molecule has 0 saturated heterocycles. The van der Waals surface area contributed by atoms with Crippen LogP contribution in [0.25, 0.3) is 11.3 Å². The van der Waals surface area contributed by atoms with Gasteiger partial charge in [0.2, 0.25) is 0 Å². The van der Waals surface area contributed by atoms with Crippen molar-refractivity contribution in [1.82, 2.24) is 9.97 Å². The largest absolute Gasteiger partial charge is 0.480 e. The van der Waals surface area contributed by atoms with Crippen molar-refractivity contribution in [3.63, 3.8) is 0 Å². The fourth-order valence-electron chi connectivity index (χ4n) is 1.75. The quantitative estimate of drug-likeness (QED) is 0.661. The topological polar surface area (TPSA) is 107 Å². The lowest BCUT2D eigenvalue weighted by Crippen LogP contribution is -2.17. The number of nitrogens with zero attached hydrogens (tertiary/aromatic N) is 2. The molecule has 0 unspecified atom stereocenters. The predicted octanol–water partition coefficient (Wildman–Crippen LogP) is 2.18. The van der Waals surface area contributed by atoms with Gasteiger partial charge in [-0.1, -0.05) is 41.6 Å². The lowest BCUT2D eigenvalue weighted by atomic mass is 10.1. The van der Waals surface area contributed by atoms with Gasteiger partial charge in [0.25, 0.3) is 5.56 Å². The number of carbonyl (C=O) groups is 1. The minimum atomic E-state index is -1.01. The Labute approximate surface area is 130 Å². The van der Waals surface area contributed by atoms with Crippen LogP contribution in [-0.2, 0) is 4.79 Å². The summed E-state index contributed by atoms with van der Waals surface area (Å²) < 4.78 is 0. The van der Waals surface area contributed by atoms with E-state index in [1.165, 1.54) is 6.92 Å². The second-order valence-electron chi connectivity index (χ2n) is 4.67. The molecule has 1 heterocycles. The summed E-state index contributed by atoms with van der Waals surface area (Å²) in [6, 6.07) is 9.10. The number of nitrogens with one attached hydrogen (secondary N) is 1. The molecule has 0 radical (unpaired) electrons. The van der Waals surface area contributed by atoms with Crippen molar-refractivity contribution in [1.29, 1.82) is 5.26 Å². The van der Waals surface area contributed by atoms with Gasteiger partial charge in [0.1, 0.15) is 16.9 Å². The number of hydrogen-bond acceptors (Lipinski definition) is 5. The van der Waals surface area contributed by atoms with Crippen LogP contribution in [0.5, 0.6) is 0 Å². The third-order valence-electron chi connectivity index (χ3n) is 2.97. The van der Waals surface area contributed by atoms with Gasteiger partial charge in [0.05, 0.1) is 5.69 Å². The van der Waals surface area contributed by atoms with E-state index in [-0.39, 0.29) is 16.4 Å². The molecule has 2 aromatic rings. The van der Waals surface area contributed by atoms with Crippen molar-refractivity contribution in [2.24, 2.45) is 0 Å². The van der Waals surface area contributed by atoms with Crippen LogP contribution < -0.4 is 5.56 Å². The highest BCUT2D eigenvalue weighted by molar-refractivity contribution is 8.00. The summed E-state index contributed by atoms with van der Waals surface area (Å²) in [6.07, 6.45) is 0. The number of aromatic nitrogens is 2. The number of nitriles is 1. The Morgan fingerprint density at radius 2 is 2.05 bits per heavy atom. The first-order chi connectivity index (χ1) is 10.4. The maximum Gasteiger partial charge on any atom is 0.316 e. The van der Waals surface area contributed by atoms with E-state index >= 15 is 0 Å². The zero-order chi connectivity index (χ0) is 16.3. The molecule has 0 spiro atoms. The van der Waals surface area contributed by atoms with Gasteiger partial charge in [-0.15, -0.1) is 0 Å². The number of hydrogen-bond donors (Lipinski definition) is 2. The van der Waals surface area contributed by atoms with E-state index < -0.39 is 16.8 Å². The van der Waals surface area contributed by atoms with Crippen molar-refractivity contribution in [3.8, 4) is 17.3 Å². The molecule has 0 aliphatic rings. The molecule has 0 bridgehead atoms. The van der Waals surface area contributed by atoms with Gasteiger partial charge in [0.15, 0.2) is 5.16 Å². The molecule has 0 fully saturated rings. The van der Waals surface area contributed by atoms with Gasteiger partial charge in [-0.3, -0.25) is 9.59 Å². The smallest absolute Gasteiger partial charge is 0.316 e. The summed E-state index contributed by atoms with van der Waals surface area (Å²) in [5.41, 5.74) is 1.27. The minimum Gasteiger partial charge on any atom is -0.480 e. The zero-order valence-electron chi connectivity index (χ0n) is 12.0. The molecule has 1 atom stereocenters. The van der Waals surface area contributed by atoms with Crippen molar-refractivity contribution in [2.45, 2.75) is 24.3 Å². The molecule has 0 aliphatic heterocycles. The molecule has 2 N–H and O–H groups in total. The molecule has 1 aromatic heterocycles. The lowest BCUT2D eigenvalue weighted by Gasteiger charge is -2.08. The van der Waals surface area contributed by atoms with Crippen LogP contribution in [0.1, 0.15) is 18.1 Å². The van der Waals surface area contributed by atoms with Gasteiger partial charge in [-0.05, 0) is 13.8 Å². The Kier molecular flexibility index (Phi) is 4.63. The molecule has 2 rings (SSSR count). The van der Waals surface area contributed by atoms with Crippen LogP contribution in [0.4, 0.5) is 0 Å². The molecule has 7 heteroatoms. The fourth-order valence-corrected chi connectivity index (χ4v) is 2.48. The predicted molar refractivity (Wildman–Crippen MR) is 82.7 cm³/mol.